The van der Waals surface area contributed by atoms with Crippen molar-refractivity contribution in [2.75, 3.05) is 16.0 Å². The molecule has 9 heteroatoms. The molecule has 2 aromatic carbocycles. The van der Waals surface area contributed by atoms with Crippen molar-refractivity contribution < 1.29 is 9.59 Å². The van der Waals surface area contributed by atoms with Crippen molar-refractivity contribution in [1.29, 1.82) is 0 Å². The van der Waals surface area contributed by atoms with Gasteiger partial charge in [0.25, 0.3) is 0 Å². The van der Waals surface area contributed by atoms with Crippen molar-refractivity contribution in [3.8, 4) is 0 Å². The molecule has 1 heterocycles. The van der Waals surface area contributed by atoms with Gasteiger partial charge in [-0.1, -0.05) is 35.2 Å². The van der Waals surface area contributed by atoms with Gasteiger partial charge in [-0.15, -0.1) is 10.2 Å². The maximum Gasteiger partial charge on any atom is 0.237 e. The van der Waals surface area contributed by atoms with E-state index in [0.29, 0.717) is 20.8 Å². The molecule has 29 heavy (non-hydrogen) atoms. The first-order valence-corrected chi connectivity index (χ1v) is 10.6. The molecule has 7 nitrogen and oxygen atoms in total. The van der Waals surface area contributed by atoms with Gasteiger partial charge in [0.2, 0.25) is 16.9 Å². The molecule has 0 aliphatic rings. The van der Waals surface area contributed by atoms with E-state index in [1.807, 2.05) is 38.1 Å². The van der Waals surface area contributed by atoms with E-state index in [1.165, 1.54) is 30.0 Å². The molecule has 0 unspecified atom stereocenters. The van der Waals surface area contributed by atoms with Crippen LogP contribution in [0.5, 0.6) is 0 Å². The lowest BCUT2D eigenvalue weighted by molar-refractivity contribution is -0.115. The maximum atomic E-state index is 12.5. The number of nitrogens with one attached hydrogen (secondary N) is 3. The number of hydrogen-bond acceptors (Lipinski definition) is 7. The highest BCUT2D eigenvalue weighted by molar-refractivity contribution is 8.02. The zero-order valence-corrected chi connectivity index (χ0v) is 17.9. The van der Waals surface area contributed by atoms with Crippen LogP contribution in [-0.2, 0) is 9.59 Å². The van der Waals surface area contributed by atoms with Gasteiger partial charge in [0.05, 0.1) is 5.25 Å². The van der Waals surface area contributed by atoms with Crippen LogP contribution in [0.25, 0.3) is 0 Å². The SMILES string of the molecule is CC(=O)Nc1ccc(NC(=O)[C@H](C)Sc2nnc(Nc3cccc(C)c3)s2)cc1. The predicted molar refractivity (Wildman–Crippen MR) is 119 cm³/mol. The number of aromatic nitrogens is 2. The Kier molecular flexibility index (Phi) is 6.84. The predicted octanol–water partition coefficient (Wildman–Crippen LogP) is 4.67. The summed E-state index contributed by atoms with van der Waals surface area (Å²) in [5.74, 6) is -0.272. The van der Waals surface area contributed by atoms with Crippen LogP contribution in [-0.4, -0.2) is 27.3 Å². The minimum Gasteiger partial charge on any atom is -0.330 e. The van der Waals surface area contributed by atoms with Crippen molar-refractivity contribution in [2.45, 2.75) is 30.4 Å². The Bertz CT molecular complexity index is 1000. The van der Waals surface area contributed by atoms with Crippen molar-refractivity contribution in [3.05, 3.63) is 54.1 Å². The number of hydrogen-bond donors (Lipinski definition) is 3. The van der Waals surface area contributed by atoms with Crippen LogP contribution in [0.2, 0.25) is 0 Å². The first kappa shape index (κ1) is 20.8. The number of carbonyl (C=O) groups excluding carboxylic acids is 2. The van der Waals surface area contributed by atoms with Crippen LogP contribution in [0.15, 0.2) is 52.9 Å². The molecule has 0 aliphatic carbocycles. The summed E-state index contributed by atoms with van der Waals surface area (Å²) in [6, 6.07) is 15.0. The average Bonchev–Trinajstić information content (AvgIpc) is 3.09. The molecule has 0 aliphatic heterocycles. The fraction of sp³-hybridized carbons (Fsp3) is 0.200. The van der Waals surface area contributed by atoms with Gasteiger partial charge in [-0.3, -0.25) is 9.59 Å². The number of carbonyl (C=O) groups is 2. The minimum absolute atomic E-state index is 0.134. The molecular weight excluding hydrogens is 406 g/mol. The van der Waals surface area contributed by atoms with Crippen molar-refractivity contribution in [2.24, 2.45) is 0 Å². The molecule has 0 fully saturated rings. The van der Waals surface area contributed by atoms with Gasteiger partial charge in [0.1, 0.15) is 0 Å². The number of aryl methyl sites for hydroxylation is 1. The van der Waals surface area contributed by atoms with E-state index in [9.17, 15) is 9.59 Å². The highest BCUT2D eigenvalue weighted by Crippen LogP contribution is 2.31. The standard InChI is InChI=1S/C20H21N5O2S2/c1-12-5-4-6-17(11-12)23-19-24-25-20(29-19)28-13(2)18(27)22-16-9-7-15(8-10-16)21-14(3)26/h4-11,13H,1-3H3,(H,21,26)(H,22,27)(H,23,24)/t13-/m0/s1. The number of amides is 2. The summed E-state index contributed by atoms with van der Waals surface area (Å²) in [6.45, 7) is 5.30. The Morgan fingerprint density at radius 3 is 2.34 bits per heavy atom. The second-order valence-corrected chi connectivity index (χ2v) is 8.94. The third-order valence-electron chi connectivity index (χ3n) is 3.80. The van der Waals surface area contributed by atoms with E-state index >= 15 is 0 Å². The van der Waals surface area contributed by atoms with E-state index < -0.39 is 0 Å². The molecule has 1 aromatic heterocycles. The van der Waals surface area contributed by atoms with Crippen molar-refractivity contribution in [1.82, 2.24) is 10.2 Å². The summed E-state index contributed by atoms with van der Waals surface area (Å²) in [5.41, 5.74) is 3.45. The molecule has 0 spiro atoms. The normalized spacial score (nSPS) is 11.6. The Morgan fingerprint density at radius 2 is 1.69 bits per heavy atom. The summed E-state index contributed by atoms with van der Waals surface area (Å²) in [6.07, 6.45) is 0. The van der Waals surface area contributed by atoms with E-state index in [1.54, 1.807) is 24.3 Å². The number of rotatable bonds is 7. The fourth-order valence-electron chi connectivity index (χ4n) is 2.44. The highest BCUT2D eigenvalue weighted by Gasteiger charge is 2.17. The zero-order chi connectivity index (χ0) is 20.8. The summed E-state index contributed by atoms with van der Waals surface area (Å²) < 4.78 is 0.712. The maximum absolute atomic E-state index is 12.5. The minimum atomic E-state index is -0.343. The number of anilines is 4. The van der Waals surface area contributed by atoms with Crippen LogP contribution >= 0.6 is 23.1 Å². The van der Waals surface area contributed by atoms with E-state index in [4.69, 9.17) is 0 Å². The fourth-order valence-corrected chi connectivity index (χ4v) is 4.36. The molecule has 0 saturated heterocycles. The number of benzene rings is 2. The number of thioether (sulfide) groups is 1. The van der Waals surface area contributed by atoms with Gasteiger partial charge in [0.15, 0.2) is 4.34 Å². The summed E-state index contributed by atoms with van der Waals surface area (Å²) >= 11 is 2.76. The van der Waals surface area contributed by atoms with E-state index in [2.05, 4.69) is 26.1 Å². The van der Waals surface area contributed by atoms with Gasteiger partial charge in [-0.05, 0) is 55.8 Å². The van der Waals surface area contributed by atoms with Crippen LogP contribution in [0.1, 0.15) is 19.4 Å². The highest BCUT2D eigenvalue weighted by atomic mass is 32.2. The zero-order valence-electron chi connectivity index (χ0n) is 16.2. The molecular formula is C20H21N5O2S2. The quantitative estimate of drug-likeness (QED) is 0.474. The summed E-state index contributed by atoms with van der Waals surface area (Å²) in [7, 11) is 0. The second-order valence-electron chi connectivity index (χ2n) is 6.38. The molecule has 150 valence electrons. The number of nitrogens with zero attached hydrogens (tertiary/aromatic N) is 2. The van der Waals surface area contributed by atoms with Gasteiger partial charge >= 0.3 is 0 Å². The van der Waals surface area contributed by atoms with Crippen LogP contribution in [0.4, 0.5) is 22.2 Å². The topological polar surface area (TPSA) is 96.0 Å². The molecule has 2 amide bonds. The van der Waals surface area contributed by atoms with Crippen LogP contribution < -0.4 is 16.0 Å². The monoisotopic (exact) mass is 427 g/mol. The van der Waals surface area contributed by atoms with Crippen molar-refractivity contribution in [3.63, 3.8) is 0 Å². The Morgan fingerprint density at radius 1 is 1.00 bits per heavy atom. The molecule has 3 N–H and O–H groups in total. The van der Waals surface area contributed by atoms with Gasteiger partial charge in [-0.2, -0.15) is 0 Å². The van der Waals surface area contributed by atoms with Crippen LogP contribution in [0.3, 0.4) is 0 Å². The van der Waals surface area contributed by atoms with Gasteiger partial charge < -0.3 is 16.0 Å². The Balaban J connectivity index is 1.54. The Labute approximate surface area is 177 Å². The lowest BCUT2D eigenvalue weighted by Crippen LogP contribution is -2.22. The molecule has 1 atom stereocenters. The lowest BCUT2D eigenvalue weighted by atomic mass is 10.2. The van der Waals surface area contributed by atoms with E-state index in [-0.39, 0.29) is 17.1 Å². The van der Waals surface area contributed by atoms with Crippen LogP contribution in [0, 0.1) is 6.92 Å². The van der Waals surface area contributed by atoms with Gasteiger partial charge in [0, 0.05) is 24.0 Å². The summed E-state index contributed by atoms with van der Waals surface area (Å²) in [4.78, 5) is 23.5. The molecule has 0 bridgehead atoms. The Hall–Kier alpha value is -2.91. The van der Waals surface area contributed by atoms with Gasteiger partial charge in [-0.25, -0.2) is 0 Å². The third kappa shape index (κ3) is 6.30. The average molecular weight is 428 g/mol. The molecule has 3 rings (SSSR count). The van der Waals surface area contributed by atoms with Crippen molar-refractivity contribution >= 4 is 57.1 Å². The van der Waals surface area contributed by atoms with E-state index in [0.717, 1.165) is 11.3 Å². The summed E-state index contributed by atoms with van der Waals surface area (Å²) in [5, 5.41) is 17.4. The largest absolute Gasteiger partial charge is 0.330 e. The first-order valence-electron chi connectivity index (χ1n) is 8.91. The first-order chi connectivity index (χ1) is 13.9. The molecule has 0 radical (unpaired) electrons. The third-order valence-corrected chi connectivity index (χ3v) is 5.82. The molecule has 3 aromatic rings. The molecule has 0 saturated carbocycles. The smallest absolute Gasteiger partial charge is 0.237 e. The second kappa shape index (κ2) is 9.53. The lowest BCUT2D eigenvalue weighted by Gasteiger charge is -2.11.